The lowest BCUT2D eigenvalue weighted by atomic mass is 9.80. The van der Waals surface area contributed by atoms with E-state index in [4.69, 9.17) is 10.5 Å². The maximum atomic E-state index is 14.9. The summed E-state index contributed by atoms with van der Waals surface area (Å²) in [5, 5.41) is 6.32. The molecule has 5 N–H and O–H groups in total. The number of likely N-dealkylation sites (N-methyl/N-ethyl adjacent to an activating group) is 1. The molecule has 0 radical (unpaired) electrons. The van der Waals surface area contributed by atoms with Crippen LogP contribution in [-0.4, -0.2) is 40.4 Å². The number of aromatic nitrogens is 2. The molecule has 0 aliphatic heterocycles. The van der Waals surface area contributed by atoms with Crippen molar-refractivity contribution in [2.45, 2.75) is 57.0 Å². The molecule has 4 rings (SSSR count). The number of hydrogen-bond donors (Lipinski definition) is 4. The number of nitrogens with two attached hydrogens (primary N) is 1. The van der Waals surface area contributed by atoms with E-state index in [-0.39, 0.29) is 18.1 Å². The number of pyridine rings is 1. The molecular formula is C25H30FN5O3. The van der Waals surface area contributed by atoms with Crippen LogP contribution in [0.2, 0.25) is 0 Å². The summed E-state index contributed by atoms with van der Waals surface area (Å²) in [5.74, 6) is -0.622. The highest BCUT2D eigenvalue weighted by molar-refractivity contribution is 5.93. The van der Waals surface area contributed by atoms with E-state index in [1.54, 1.807) is 25.4 Å². The third kappa shape index (κ3) is 4.75. The van der Waals surface area contributed by atoms with E-state index in [2.05, 4.69) is 20.6 Å². The number of aromatic amines is 1. The summed E-state index contributed by atoms with van der Waals surface area (Å²) < 4.78 is 20.7. The quantitative estimate of drug-likeness (QED) is 0.425. The molecule has 2 amide bonds. The molecule has 34 heavy (non-hydrogen) atoms. The van der Waals surface area contributed by atoms with E-state index in [1.807, 2.05) is 13.1 Å². The van der Waals surface area contributed by atoms with E-state index in [0.29, 0.717) is 29.8 Å². The van der Waals surface area contributed by atoms with Gasteiger partial charge in [-0.2, -0.15) is 0 Å². The third-order valence-corrected chi connectivity index (χ3v) is 6.47. The number of amides is 2. The normalized spacial score (nSPS) is 16.1. The van der Waals surface area contributed by atoms with E-state index in [9.17, 15) is 14.0 Å². The monoisotopic (exact) mass is 467 g/mol. The Morgan fingerprint density at radius 1 is 1.24 bits per heavy atom. The summed E-state index contributed by atoms with van der Waals surface area (Å²) in [4.78, 5) is 32.6. The zero-order valence-corrected chi connectivity index (χ0v) is 19.4. The molecule has 2 heterocycles. The molecule has 8 nitrogen and oxygen atoms in total. The Balaban J connectivity index is 1.45. The van der Waals surface area contributed by atoms with Gasteiger partial charge >= 0.3 is 0 Å². The van der Waals surface area contributed by atoms with Crippen molar-refractivity contribution >= 4 is 22.8 Å². The first kappa shape index (κ1) is 23.7. The van der Waals surface area contributed by atoms with Gasteiger partial charge in [-0.25, -0.2) is 9.37 Å². The van der Waals surface area contributed by atoms with E-state index in [1.165, 1.54) is 12.1 Å². The lowest BCUT2D eigenvalue weighted by molar-refractivity contribution is -0.135. The predicted octanol–water partition coefficient (Wildman–Crippen LogP) is 3.24. The van der Waals surface area contributed by atoms with Crippen LogP contribution < -0.4 is 21.1 Å². The fourth-order valence-electron chi connectivity index (χ4n) is 4.62. The molecule has 0 spiro atoms. The molecule has 1 atom stereocenters. The predicted molar refractivity (Wildman–Crippen MR) is 127 cm³/mol. The Hall–Kier alpha value is -3.46. The lowest BCUT2D eigenvalue weighted by Gasteiger charge is -2.37. The van der Waals surface area contributed by atoms with Gasteiger partial charge in [-0.3, -0.25) is 9.59 Å². The first-order chi connectivity index (χ1) is 16.3. The van der Waals surface area contributed by atoms with Crippen LogP contribution in [-0.2, 0) is 16.0 Å². The van der Waals surface area contributed by atoms with Crippen molar-refractivity contribution in [3.63, 3.8) is 0 Å². The summed E-state index contributed by atoms with van der Waals surface area (Å²) in [5.41, 5.74) is 7.37. The van der Waals surface area contributed by atoms with Gasteiger partial charge in [-0.1, -0.05) is 25.3 Å². The molecule has 3 aromatic rings. The number of nitrogens with zero attached hydrogens (tertiary/aromatic N) is 1. The highest BCUT2D eigenvalue weighted by Crippen LogP contribution is 2.32. The van der Waals surface area contributed by atoms with E-state index < -0.39 is 23.3 Å². The molecule has 180 valence electrons. The smallest absolute Gasteiger partial charge is 0.245 e. The van der Waals surface area contributed by atoms with Crippen LogP contribution in [0.25, 0.3) is 11.0 Å². The number of benzene rings is 1. The van der Waals surface area contributed by atoms with Gasteiger partial charge in [-0.05, 0) is 55.5 Å². The molecule has 9 heteroatoms. The number of H-pyrrole nitrogens is 1. The second-order valence-electron chi connectivity index (χ2n) is 8.89. The number of nitrogens with one attached hydrogen (secondary N) is 3. The Labute approximate surface area is 197 Å². The van der Waals surface area contributed by atoms with E-state index in [0.717, 1.165) is 30.2 Å². The lowest BCUT2D eigenvalue weighted by Crippen LogP contribution is -2.62. The summed E-state index contributed by atoms with van der Waals surface area (Å²) in [6.45, 7) is 1.92. The largest absolute Gasteiger partial charge is 0.453 e. The molecule has 0 saturated heterocycles. The average Bonchev–Trinajstić information content (AvgIpc) is 3.22. The molecule has 1 fully saturated rings. The zero-order chi connectivity index (χ0) is 24.3. The van der Waals surface area contributed by atoms with Crippen molar-refractivity contribution in [2.24, 2.45) is 5.73 Å². The SMILES string of the molecule is CNC(=O)C1(NC(=O)C(N)Cc2ccc(Oc3ccnc4[nH]cc(C)c34)c(F)c2)CCCCC1. The Morgan fingerprint density at radius 3 is 2.71 bits per heavy atom. The number of carbonyl (C=O) groups is 2. The van der Waals surface area contributed by atoms with Gasteiger partial charge in [0.05, 0.1) is 11.4 Å². The number of rotatable bonds is 7. The van der Waals surface area contributed by atoms with Crippen molar-refractivity contribution in [3.8, 4) is 11.5 Å². The number of aryl methyl sites for hydroxylation is 1. The van der Waals surface area contributed by atoms with Crippen molar-refractivity contribution < 1.29 is 18.7 Å². The van der Waals surface area contributed by atoms with Crippen molar-refractivity contribution in [2.75, 3.05) is 7.05 Å². The summed E-state index contributed by atoms with van der Waals surface area (Å²) in [6.07, 6.45) is 7.45. The van der Waals surface area contributed by atoms with Crippen molar-refractivity contribution in [3.05, 3.63) is 53.6 Å². The molecule has 1 aliphatic carbocycles. The van der Waals surface area contributed by atoms with Crippen LogP contribution in [0.15, 0.2) is 36.7 Å². The summed E-state index contributed by atoms with van der Waals surface area (Å²) in [6, 6.07) is 5.29. The second kappa shape index (κ2) is 9.80. The van der Waals surface area contributed by atoms with Crippen LogP contribution in [0.3, 0.4) is 0 Å². The molecular weight excluding hydrogens is 437 g/mol. The van der Waals surface area contributed by atoms with E-state index >= 15 is 0 Å². The first-order valence-electron chi connectivity index (χ1n) is 11.5. The second-order valence-corrected chi connectivity index (χ2v) is 8.89. The Kier molecular flexibility index (Phi) is 6.83. The highest BCUT2D eigenvalue weighted by Gasteiger charge is 2.41. The van der Waals surface area contributed by atoms with Gasteiger partial charge in [0.2, 0.25) is 11.8 Å². The Bertz CT molecular complexity index is 1200. The minimum atomic E-state index is -0.934. The zero-order valence-electron chi connectivity index (χ0n) is 19.4. The van der Waals surface area contributed by atoms with Gasteiger partial charge in [0, 0.05) is 19.4 Å². The Morgan fingerprint density at radius 2 is 2.00 bits per heavy atom. The summed E-state index contributed by atoms with van der Waals surface area (Å²) in [7, 11) is 1.56. The van der Waals surface area contributed by atoms with Crippen LogP contribution in [0.1, 0.15) is 43.2 Å². The van der Waals surface area contributed by atoms with Gasteiger partial charge in [0.1, 0.15) is 16.9 Å². The standard InChI is InChI=1S/C25H30FN5O3/c1-15-14-30-22-21(15)20(8-11-29-22)34-19-7-6-16(12-17(19)26)13-18(27)23(32)31-25(24(33)28-2)9-4-3-5-10-25/h6-8,11-12,14,18H,3-5,9-10,13,27H2,1-2H3,(H,28,33)(H,29,30)(H,31,32). The topological polar surface area (TPSA) is 122 Å². The number of carbonyl (C=O) groups excluding carboxylic acids is 2. The molecule has 2 aromatic heterocycles. The molecule has 1 unspecified atom stereocenters. The van der Waals surface area contributed by atoms with Crippen LogP contribution in [0.4, 0.5) is 4.39 Å². The van der Waals surface area contributed by atoms with Gasteiger partial charge < -0.3 is 26.1 Å². The average molecular weight is 468 g/mol. The third-order valence-electron chi connectivity index (χ3n) is 6.47. The maximum absolute atomic E-state index is 14.9. The fraction of sp³-hybridized carbons (Fsp3) is 0.400. The van der Waals surface area contributed by atoms with Crippen LogP contribution >= 0.6 is 0 Å². The molecule has 1 aromatic carbocycles. The minimum Gasteiger partial charge on any atom is -0.453 e. The molecule has 1 saturated carbocycles. The number of halogens is 1. The highest BCUT2D eigenvalue weighted by atomic mass is 19.1. The van der Waals surface area contributed by atoms with Crippen molar-refractivity contribution in [1.29, 1.82) is 0 Å². The van der Waals surface area contributed by atoms with Gasteiger partial charge in [-0.15, -0.1) is 0 Å². The first-order valence-corrected chi connectivity index (χ1v) is 11.5. The number of hydrogen-bond acceptors (Lipinski definition) is 5. The molecule has 1 aliphatic rings. The van der Waals surface area contributed by atoms with Crippen LogP contribution in [0, 0.1) is 12.7 Å². The fourth-order valence-corrected chi connectivity index (χ4v) is 4.62. The molecule has 0 bridgehead atoms. The maximum Gasteiger partial charge on any atom is 0.245 e. The van der Waals surface area contributed by atoms with Gasteiger partial charge in [0.25, 0.3) is 0 Å². The van der Waals surface area contributed by atoms with Crippen LogP contribution in [0.5, 0.6) is 11.5 Å². The minimum absolute atomic E-state index is 0.0654. The van der Waals surface area contributed by atoms with Crippen molar-refractivity contribution in [1.82, 2.24) is 20.6 Å². The number of ether oxygens (including phenoxy) is 1. The van der Waals surface area contributed by atoms with Gasteiger partial charge in [0.15, 0.2) is 11.6 Å². The number of fused-ring (bicyclic) bond motifs is 1. The summed E-state index contributed by atoms with van der Waals surface area (Å²) >= 11 is 0.